The summed E-state index contributed by atoms with van der Waals surface area (Å²) in [4.78, 5) is 50.5. The number of nitrogens with one attached hydrogen (secondary N) is 2. The zero-order valence-corrected chi connectivity index (χ0v) is 31.4. The lowest BCUT2D eigenvalue weighted by molar-refractivity contribution is -0.141. The number of pyridine rings is 2. The van der Waals surface area contributed by atoms with Crippen LogP contribution in [0.3, 0.4) is 0 Å². The Labute approximate surface area is 318 Å². The minimum absolute atomic E-state index is 0.197. The summed E-state index contributed by atoms with van der Waals surface area (Å²) in [5.41, 5.74) is 2.56. The molecule has 7 rings (SSSR count). The Morgan fingerprint density at radius 3 is 2.44 bits per heavy atom. The maximum Gasteiger partial charge on any atom is 0.433 e. The molecule has 1 atom stereocenters. The first kappa shape index (κ1) is 38.3. The van der Waals surface area contributed by atoms with E-state index in [1.807, 2.05) is 36.6 Å². The smallest absolute Gasteiger partial charge is 0.433 e. The molecule has 1 saturated carbocycles. The maximum atomic E-state index is 13.2. The van der Waals surface area contributed by atoms with Gasteiger partial charge in [0, 0.05) is 62.2 Å². The Kier molecular flexibility index (Phi) is 11.2. The first-order chi connectivity index (χ1) is 26.3. The predicted octanol–water partition coefficient (Wildman–Crippen LogP) is 7.18. The number of rotatable bonds is 10. The van der Waals surface area contributed by atoms with Crippen LogP contribution in [0.5, 0.6) is 5.75 Å². The maximum absolute atomic E-state index is 13.2. The normalized spacial score (nSPS) is 21.3. The Hall–Kier alpha value is -4.98. The number of carbonyl (C=O) groups excluding carboxylic acids is 3. The Bertz CT molecular complexity index is 2030. The number of hydrogen-bond donors (Lipinski definition) is 2. The van der Waals surface area contributed by atoms with Crippen molar-refractivity contribution in [1.29, 1.82) is 0 Å². The number of aromatic nitrogens is 3. The molecule has 55 heavy (non-hydrogen) atoms. The van der Waals surface area contributed by atoms with Gasteiger partial charge in [-0.2, -0.15) is 13.2 Å². The third-order valence-electron chi connectivity index (χ3n) is 11.2. The summed E-state index contributed by atoms with van der Waals surface area (Å²) in [6.45, 7) is 6.66. The van der Waals surface area contributed by atoms with Gasteiger partial charge in [0.25, 0.3) is 5.91 Å². The van der Waals surface area contributed by atoms with Crippen molar-refractivity contribution < 1.29 is 32.3 Å². The van der Waals surface area contributed by atoms with Gasteiger partial charge in [-0.25, -0.2) is 9.97 Å². The highest BCUT2D eigenvalue weighted by Gasteiger charge is 2.34. The lowest BCUT2D eigenvalue weighted by atomic mass is 9.80. The number of ether oxygens (including phenoxy) is 1. The molecule has 2 aliphatic heterocycles. The lowest BCUT2D eigenvalue weighted by Crippen LogP contribution is -2.45. The van der Waals surface area contributed by atoms with Crippen LogP contribution in [-0.4, -0.2) is 75.8 Å². The summed E-state index contributed by atoms with van der Waals surface area (Å²) in [6, 6.07) is 13.7. The van der Waals surface area contributed by atoms with Crippen molar-refractivity contribution in [3.8, 4) is 5.75 Å². The van der Waals surface area contributed by atoms with E-state index < -0.39 is 17.8 Å². The molecule has 1 aromatic carbocycles. The zero-order valence-electron chi connectivity index (χ0n) is 31.4. The Balaban J connectivity index is 0.931. The third kappa shape index (κ3) is 8.95. The van der Waals surface area contributed by atoms with E-state index >= 15 is 0 Å². The van der Waals surface area contributed by atoms with Crippen LogP contribution in [-0.2, 0) is 15.8 Å². The van der Waals surface area contributed by atoms with E-state index in [4.69, 9.17) is 9.72 Å². The molecule has 2 N–H and O–H groups in total. The molecule has 3 fully saturated rings. The number of anilines is 2. The second-order valence-electron chi connectivity index (χ2n) is 15.5. The lowest BCUT2D eigenvalue weighted by Gasteiger charge is -2.40. The van der Waals surface area contributed by atoms with Gasteiger partial charge >= 0.3 is 6.18 Å². The molecule has 14 heteroatoms. The number of halogens is 3. The van der Waals surface area contributed by atoms with Gasteiger partial charge in [0.2, 0.25) is 11.8 Å². The fourth-order valence-electron chi connectivity index (χ4n) is 8.29. The second-order valence-corrected chi connectivity index (χ2v) is 15.5. The predicted molar refractivity (Wildman–Crippen MR) is 202 cm³/mol. The molecule has 0 spiro atoms. The molecule has 3 amide bonds. The molecule has 292 valence electrons. The van der Waals surface area contributed by atoms with Gasteiger partial charge in [0.15, 0.2) is 0 Å². The summed E-state index contributed by atoms with van der Waals surface area (Å²) < 4.78 is 47.5. The van der Waals surface area contributed by atoms with Crippen LogP contribution in [0.1, 0.15) is 104 Å². The monoisotopic (exact) mass is 759 g/mol. The number of alkyl halides is 3. The van der Waals surface area contributed by atoms with E-state index in [2.05, 4.69) is 44.6 Å². The number of benzene rings is 1. The molecule has 5 heterocycles. The molecular weight excluding hydrogens is 711 g/mol. The highest BCUT2D eigenvalue weighted by molar-refractivity contribution is 6.04. The van der Waals surface area contributed by atoms with Gasteiger partial charge in [-0.1, -0.05) is 18.2 Å². The minimum atomic E-state index is -4.67. The SMILES string of the molecule is CC(C)Oc1cc2nc(C3CCC(CN(C)C4CCN(c5cccc(C6CCC(=O)NC6=O)c5)CC4)CC3)cn2cc1NC(=O)c1cccc(C(F)(F)F)n1. The van der Waals surface area contributed by atoms with Crippen LogP contribution in [0, 0.1) is 5.92 Å². The van der Waals surface area contributed by atoms with E-state index in [9.17, 15) is 27.6 Å². The first-order valence-corrected chi connectivity index (χ1v) is 19.2. The highest BCUT2D eigenvalue weighted by Crippen LogP contribution is 2.38. The van der Waals surface area contributed by atoms with E-state index in [-0.39, 0.29) is 29.5 Å². The quantitative estimate of drug-likeness (QED) is 0.163. The Morgan fingerprint density at radius 1 is 0.982 bits per heavy atom. The van der Waals surface area contributed by atoms with E-state index in [0.29, 0.717) is 47.8 Å². The largest absolute Gasteiger partial charge is 0.489 e. The molecular formula is C41H48F3N7O4. The van der Waals surface area contributed by atoms with Crippen LogP contribution in [0.2, 0.25) is 0 Å². The van der Waals surface area contributed by atoms with Crippen molar-refractivity contribution in [2.75, 3.05) is 36.9 Å². The first-order valence-electron chi connectivity index (χ1n) is 19.2. The van der Waals surface area contributed by atoms with Crippen molar-refractivity contribution in [1.82, 2.24) is 24.6 Å². The number of carbonyl (C=O) groups is 3. The summed E-state index contributed by atoms with van der Waals surface area (Å²) in [5.74, 6) is -0.194. The number of fused-ring (bicyclic) bond motifs is 1. The van der Waals surface area contributed by atoms with Gasteiger partial charge in [-0.05, 0) is 102 Å². The third-order valence-corrected chi connectivity index (χ3v) is 11.2. The van der Waals surface area contributed by atoms with Crippen LogP contribution >= 0.6 is 0 Å². The van der Waals surface area contributed by atoms with Crippen molar-refractivity contribution >= 4 is 34.7 Å². The molecule has 2 saturated heterocycles. The van der Waals surface area contributed by atoms with Gasteiger partial charge in [0.1, 0.15) is 28.5 Å². The molecule has 1 unspecified atom stereocenters. The summed E-state index contributed by atoms with van der Waals surface area (Å²) >= 11 is 0. The van der Waals surface area contributed by atoms with Crippen molar-refractivity contribution in [2.45, 2.75) is 95.4 Å². The van der Waals surface area contributed by atoms with Gasteiger partial charge in [-0.15, -0.1) is 0 Å². The number of piperidine rings is 2. The van der Waals surface area contributed by atoms with Crippen LogP contribution in [0.4, 0.5) is 24.5 Å². The number of hydrogen-bond acceptors (Lipinski definition) is 8. The fraction of sp³-hybridized carbons (Fsp3) is 0.488. The second kappa shape index (κ2) is 16.0. The standard InChI is InChI=1S/C41H48F3N7O4/c1-25(2)55-35-21-37-46-33(23-51(37)24-34(35)47-40(54)32-8-5-9-36(45-32)41(42,43)44)27-12-10-26(11-13-27)22-49(3)29-16-18-50(19-17-29)30-7-4-6-28(20-30)31-14-15-38(52)48-39(31)53/h4-9,20-21,23-27,29,31H,10-19,22H2,1-3H3,(H,47,54)(H,48,52,53). The van der Waals surface area contributed by atoms with Crippen molar-refractivity contribution in [2.24, 2.45) is 5.92 Å². The summed E-state index contributed by atoms with van der Waals surface area (Å²) in [5, 5.41) is 5.17. The van der Waals surface area contributed by atoms with E-state index in [0.717, 1.165) is 87.2 Å². The Morgan fingerprint density at radius 2 is 1.73 bits per heavy atom. The summed E-state index contributed by atoms with van der Waals surface area (Å²) in [6.07, 6.45) is 6.07. The van der Waals surface area contributed by atoms with Crippen molar-refractivity contribution in [3.05, 3.63) is 83.6 Å². The average molecular weight is 760 g/mol. The van der Waals surface area contributed by atoms with Gasteiger partial charge in [0.05, 0.1) is 17.7 Å². The van der Waals surface area contributed by atoms with Gasteiger partial charge < -0.3 is 24.3 Å². The number of imide groups is 1. The fourth-order valence-corrected chi connectivity index (χ4v) is 8.29. The number of imidazole rings is 1. The molecule has 1 aliphatic carbocycles. The van der Waals surface area contributed by atoms with Gasteiger partial charge in [-0.3, -0.25) is 19.7 Å². The molecule has 0 bridgehead atoms. The van der Waals surface area contributed by atoms with Crippen LogP contribution in [0.25, 0.3) is 5.65 Å². The molecule has 11 nitrogen and oxygen atoms in total. The number of amides is 3. The molecule has 3 aliphatic rings. The zero-order chi connectivity index (χ0) is 38.9. The molecule has 0 radical (unpaired) electrons. The van der Waals surface area contributed by atoms with Crippen LogP contribution < -0.4 is 20.3 Å². The van der Waals surface area contributed by atoms with Crippen LogP contribution in [0.15, 0.2) is 60.9 Å². The highest BCUT2D eigenvalue weighted by atomic mass is 19.4. The summed E-state index contributed by atoms with van der Waals surface area (Å²) in [7, 11) is 2.24. The topological polar surface area (TPSA) is 121 Å². The van der Waals surface area contributed by atoms with E-state index in [1.54, 1.807) is 12.3 Å². The average Bonchev–Trinajstić information content (AvgIpc) is 3.57. The number of nitrogens with zero attached hydrogens (tertiary/aromatic N) is 5. The molecule has 4 aromatic rings. The van der Waals surface area contributed by atoms with E-state index in [1.165, 1.54) is 6.07 Å². The van der Waals surface area contributed by atoms with Crippen molar-refractivity contribution in [3.63, 3.8) is 0 Å². The molecule has 3 aromatic heterocycles. The minimum Gasteiger partial charge on any atom is -0.489 e.